The first-order valence-electron chi connectivity index (χ1n) is 9.16. The summed E-state index contributed by atoms with van der Waals surface area (Å²) in [6, 6.07) is 10.0. The van der Waals surface area contributed by atoms with Crippen LogP contribution in [0.3, 0.4) is 0 Å². The van der Waals surface area contributed by atoms with Gasteiger partial charge in [-0.1, -0.05) is 24.6 Å². The van der Waals surface area contributed by atoms with Crippen molar-refractivity contribution in [1.82, 2.24) is 14.7 Å². The van der Waals surface area contributed by atoms with Gasteiger partial charge in [0, 0.05) is 24.8 Å². The third-order valence-electron chi connectivity index (χ3n) is 4.83. The fourth-order valence-electron chi connectivity index (χ4n) is 3.00. The van der Waals surface area contributed by atoms with E-state index in [0.29, 0.717) is 24.7 Å². The van der Waals surface area contributed by atoms with E-state index < -0.39 is 11.5 Å². The largest absolute Gasteiger partial charge is 0.341 e. The molecule has 7 heteroatoms. The molecule has 2 amide bonds. The minimum absolute atomic E-state index is 0.0928. The fourth-order valence-corrected chi connectivity index (χ4v) is 3.00. The van der Waals surface area contributed by atoms with Gasteiger partial charge in [-0.3, -0.25) is 14.4 Å². The SMILES string of the molecule is Cc1ccc(NC(=O)c2ccc(=O)n(CC(=O)N3CCC(C)CC3)n2)cc1. The summed E-state index contributed by atoms with van der Waals surface area (Å²) in [7, 11) is 0. The average molecular weight is 368 g/mol. The maximum atomic E-state index is 12.5. The van der Waals surface area contributed by atoms with Crippen LogP contribution in [0.5, 0.6) is 0 Å². The number of nitrogens with zero attached hydrogens (tertiary/aromatic N) is 3. The lowest BCUT2D eigenvalue weighted by molar-refractivity contribution is -0.133. The molecule has 1 aromatic heterocycles. The highest BCUT2D eigenvalue weighted by molar-refractivity contribution is 6.02. The van der Waals surface area contributed by atoms with Gasteiger partial charge >= 0.3 is 0 Å². The first kappa shape index (κ1) is 18.8. The van der Waals surface area contributed by atoms with E-state index in [4.69, 9.17) is 0 Å². The molecule has 142 valence electrons. The number of rotatable bonds is 4. The third-order valence-corrected chi connectivity index (χ3v) is 4.83. The fraction of sp³-hybridized carbons (Fsp3) is 0.400. The van der Waals surface area contributed by atoms with Gasteiger partial charge in [0.25, 0.3) is 11.5 Å². The van der Waals surface area contributed by atoms with Crippen molar-refractivity contribution in [1.29, 1.82) is 0 Å². The number of benzene rings is 1. The topological polar surface area (TPSA) is 84.3 Å². The first-order valence-corrected chi connectivity index (χ1v) is 9.16. The van der Waals surface area contributed by atoms with Crippen molar-refractivity contribution in [2.24, 2.45) is 5.92 Å². The lowest BCUT2D eigenvalue weighted by atomic mass is 9.99. The molecule has 0 spiro atoms. The second kappa shape index (κ2) is 8.16. The van der Waals surface area contributed by atoms with Crippen molar-refractivity contribution < 1.29 is 9.59 Å². The molecule has 0 atom stereocenters. The van der Waals surface area contributed by atoms with E-state index in [1.54, 1.807) is 17.0 Å². The second-order valence-corrected chi connectivity index (χ2v) is 7.10. The van der Waals surface area contributed by atoms with Crippen LogP contribution in [-0.2, 0) is 11.3 Å². The number of piperidine rings is 1. The summed E-state index contributed by atoms with van der Waals surface area (Å²) in [4.78, 5) is 38.7. The van der Waals surface area contributed by atoms with Crippen LogP contribution in [0, 0.1) is 12.8 Å². The van der Waals surface area contributed by atoms with Gasteiger partial charge in [-0.05, 0) is 43.9 Å². The van der Waals surface area contributed by atoms with Crippen LogP contribution in [-0.4, -0.2) is 39.6 Å². The second-order valence-electron chi connectivity index (χ2n) is 7.10. The molecule has 1 aliphatic rings. The quantitative estimate of drug-likeness (QED) is 0.895. The Balaban J connectivity index is 1.70. The maximum Gasteiger partial charge on any atom is 0.276 e. The Bertz CT molecular complexity index is 881. The van der Waals surface area contributed by atoms with E-state index in [1.807, 2.05) is 19.1 Å². The van der Waals surface area contributed by atoms with E-state index >= 15 is 0 Å². The number of carbonyl (C=O) groups excluding carboxylic acids is 2. The van der Waals surface area contributed by atoms with Crippen molar-refractivity contribution in [2.45, 2.75) is 33.2 Å². The lowest BCUT2D eigenvalue weighted by Crippen LogP contribution is -2.41. The Labute approximate surface area is 158 Å². The Morgan fingerprint density at radius 2 is 1.78 bits per heavy atom. The standard InChI is InChI=1S/C20H24N4O3/c1-14-3-5-16(6-4-14)21-20(27)17-7-8-18(25)24(22-17)13-19(26)23-11-9-15(2)10-12-23/h3-8,15H,9-13H2,1-2H3,(H,21,27). The van der Waals surface area contributed by atoms with Crippen LogP contribution >= 0.6 is 0 Å². The molecule has 0 saturated carbocycles. The van der Waals surface area contributed by atoms with Crippen molar-refractivity contribution in [2.75, 3.05) is 18.4 Å². The highest BCUT2D eigenvalue weighted by Gasteiger charge is 2.21. The van der Waals surface area contributed by atoms with E-state index in [9.17, 15) is 14.4 Å². The van der Waals surface area contributed by atoms with Crippen molar-refractivity contribution in [3.05, 3.63) is 58.0 Å². The Kier molecular flexibility index (Phi) is 5.69. The first-order chi connectivity index (χ1) is 12.9. The number of carbonyl (C=O) groups is 2. The monoisotopic (exact) mass is 368 g/mol. The van der Waals surface area contributed by atoms with Gasteiger partial charge < -0.3 is 10.2 Å². The van der Waals surface area contributed by atoms with Gasteiger partial charge in [-0.15, -0.1) is 0 Å². The lowest BCUT2D eigenvalue weighted by Gasteiger charge is -2.30. The predicted octanol–water partition coefficient (Wildman–Crippen LogP) is 2.06. The Morgan fingerprint density at radius 3 is 2.44 bits per heavy atom. The molecule has 0 unspecified atom stereocenters. The molecule has 1 fully saturated rings. The van der Waals surface area contributed by atoms with Gasteiger partial charge in [0.15, 0.2) is 0 Å². The number of amides is 2. The summed E-state index contributed by atoms with van der Waals surface area (Å²) in [5.41, 5.74) is 1.42. The minimum Gasteiger partial charge on any atom is -0.341 e. The van der Waals surface area contributed by atoms with Crippen LogP contribution in [0.25, 0.3) is 0 Å². The zero-order chi connectivity index (χ0) is 19.4. The summed E-state index contributed by atoms with van der Waals surface area (Å²) < 4.78 is 1.06. The molecule has 7 nitrogen and oxygen atoms in total. The van der Waals surface area contributed by atoms with Crippen LogP contribution in [0.4, 0.5) is 5.69 Å². The summed E-state index contributed by atoms with van der Waals surface area (Å²) in [5.74, 6) is 0.0446. The van der Waals surface area contributed by atoms with Gasteiger partial charge in [0.05, 0.1) is 0 Å². The molecule has 1 aliphatic heterocycles. The number of aromatic nitrogens is 2. The molecule has 3 rings (SSSR count). The van der Waals surface area contributed by atoms with E-state index in [-0.39, 0.29) is 18.1 Å². The smallest absolute Gasteiger partial charge is 0.276 e. The molecule has 2 heterocycles. The summed E-state index contributed by atoms with van der Waals surface area (Å²) in [6.07, 6.45) is 1.93. The number of anilines is 1. The van der Waals surface area contributed by atoms with Crippen LogP contribution in [0.1, 0.15) is 35.8 Å². The number of aryl methyl sites for hydroxylation is 1. The maximum absolute atomic E-state index is 12.5. The van der Waals surface area contributed by atoms with E-state index in [2.05, 4.69) is 17.3 Å². The molecule has 0 radical (unpaired) electrons. The molecule has 27 heavy (non-hydrogen) atoms. The molecule has 0 aliphatic carbocycles. The highest BCUT2D eigenvalue weighted by atomic mass is 16.2. The number of nitrogens with one attached hydrogen (secondary N) is 1. The summed E-state index contributed by atoms with van der Waals surface area (Å²) in [5, 5.41) is 6.82. The third kappa shape index (κ3) is 4.81. The molecule has 1 saturated heterocycles. The highest BCUT2D eigenvalue weighted by Crippen LogP contribution is 2.16. The van der Waals surface area contributed by atoms with Gasteiger partial charge in [0.2, 0.25) is 5.91 Å². The van der Waals surface area contributed by atoms with Gasteiger partial charge in [-0.2, -0.15) is 5.10 Å². The molecule has 0 bridgehead atoms. The molecular weight excluding hydrogens is 344 g/mol. The van der Waals surface area contributed by atoms with E-state index in [0.717, 1.165) is 23.1 Å². The number of likely N-dealkylation sites (tertiary alicyclic amines) is 1. The summed E-state index contributed by atoms with van der Waals surface area (Å²) >= 11 is 0. The zero-order valence-corrected chi connectivity index (χ0v) is 15.6. The van der Waals surface area contributed by atoms with Crippen LogP contribution in [0.15, 0.2) is 41.2 Å². The number of hydrogen-bond acceptors (Lipinski definition) is 4. The minimum atomic E-state index is -0.424. The Hall–Kier alpha value is -2.96. The molecule has 1 aromatic carbocycles. The molecule has 2 aromatic rings. The van der Waals surface area contributed by atoms with Gasteiger partial charge in [0.1, 0.15) is 12.2 Å². The van der Waals surface area contributed by atoms with Crippen molar-refractivity contribution in [3.63, 3.8) is 0 Å². The Morgan fingerprint density at radius 1 is 1.11 bits per heavy atom. The predicted molar refractivity (Wildman–Crippen MR) is 103 cm³/mol. The van der Waals surface area contributed by atoms with Crippen LogP contribution in [0.2, 0.25) is 0 Å². The summed E-state index contributed by atoms with van der Waals surface area (Å²) in [6.45, 7) is 5.37. The zero-order valence-electron chi connectivity index (χ0n) is 15.6. The van der Waals surface area contributed by atoms with E-state index in [1.165, 1.54) is 12.1 Å². The van der Waals surface area contributed by atoms with Crippen molar-refractivity contribution in [3.8, 4) is 0 Å². The van der Waals surface area contributed by atoms with Gasteiger partial charge in [-0.25, -0.2) is 4.68 Å². The molecule has 1 N–H and O–H groups in total. The average Bonchev–Trinajstić information content (AvgIpc) is 2.65. The van der Waals surface area contributed by atoms with Crippen molar-refractivity contribution >= 4 is 17.5 Å². The van der Waals surface area contributed by atoms with Crippen LogP contribution < -0.4 is 10.9 Å². The molecular formula is C20H24N4O3. The normalized spacial score (nSPS) is 14.8. The number of hydrogen-bond donors (Lipinski definition) is 1.